The van der Waals surface area contributed by atoms with Gasteiger partial charge >= 0.3 is 0 Å². The molecule has 1 N–H and O–H groups in total. The molecule has 0 aliphatic heterocycles. The second-order valence-corrected chi connectivity index (χ2v) is 6.55. The Bertz CT molecular complexity index is 1210. The Kier molecular flexibility index (Phi) is 3.82. The lowest BCUT2D eigenvalue weighted by Crippen LogP contribution is -2.17. The quantitative estimate of drug-likeness (QED) is 0.532. The van der Waals surface area contributed by atoms with Crippen molar-refractivity contribution in [3.05, 3.63) is 74.3 Å². The molecule has 0 atom stereocenters. The summed E-state index contributed by atoms with van der Waals surface area (Å²) in [7, 11) is 0. The largest absolute Gasteiger partial charge is 0.349 e. The Labute approximate surface area is 152 Å². The summed E-state index contributed by atoms with van der Waals surface area (Å²) in [5.74, 6) is 0. The van der Waals surface area contributed by atoms with E-state index in [1.54, 1.807) is 18.2 Å². The molecule has 2 heterocycles. The Morgan fingerprint density at radius 1 is 1.20 bits per heavy atom. The first-order chi connectivity index (χ1) is 12.0. The smallest absolute Gasteiger partial charge is 0.298 e. The fourth-order valence-corrected chi connectivity index (χ4v) is 3.13. The maximum Gasteiger partial charge on any atom is 0.298 e. The molecule has 0 bridgehead atoms. The van der Waals surface area contributed by atoms with Crippen LogP contribution in [0.5, 0.6) is 0 Å². The highest BCUT2D eigenvalue weighted by Gasteiger charge is 2.10. The normalized spacial score (nSPS) is 11.8. The van der Waals surface area contributed by atoms with Gasteiger partial charge in [-0.2, -0.15) is 9.78 Å². The van der Waals surface area contributed by atoms with Gasteiger partial charge in [0.1, 0.15) is 17.4 Å². The molecule has 7 heteroatoms. The van der Waals surface area contributed by atoms with E-state index in [4.69, 9.17) is 23.2 Å². The number of aryl methyl sites for hydroxylation is 1. The van der Waals surface area contributed by atoms with Crippen molar-refractivity contribution in [3.8, 4) is 0 Å². The van der Waals surface area contributed by atoms with E-state index >= 15 is 0 Å². The lowest BCUT2D eigenvalue weighted by molar-refractivity contribution is 0.815. The number of H-pyrrole nitrogens is 1. The second-order valence-electron chi connectivity index (χ2n) is 5.70. The van der Waals surface area contributed by atoms with E-state index in [1.165, 1.54) is 17.2 Å². The fourth-order valence-electron chi connectivity index (χ4n) is 2.67. The fraction of sp³-hybridized carbons (Fsp3) is 0.0556. The van der Waals surface area contributed by atoms with Crippen molar-refractivity contribution in [1.29, 1.82) is 0 Å². The number of nitrogens with zero attached hydrogens (tertiary/aromatic N) is 3. The molecular formula is C18H12Cl2N4O. The van der Waals surface area contributed by atoms with Crippen LogP contribution in [0.3, 0.4) is 0 Å². The van der Waals surface area contributed by atoms with Crippen LogP contribution >= 0.6 is 23.2 Å². The number of hydrogen-bond acceptors (Lipinski definition) is 3. The number of halogens is 2. The molecular weight excluding hydrogens is 359 g/mol. The summed E-state index contributed by atoms with van der Waals surface area (Å²) in [5.41, 5.74) is 3.41. The van der Waals surface area contributed by atoms with E-state index in [0.29, 0.717) is 26.6 Å². The highest BCUT2D eigenvalue weighted by Crippen LogP contribution is 2.22. The number of fused-ring (bicyclic) bond motifs is 3. The van der Waals surface area contributed by atoms with Crippen LogP contribution in [0, 0.1) is 6.92 Å². The molecule has 124 valence electrons. The molecule has 0 amide bonds. The van der Waals surface area contributed by atoms with Gasteiger partial charge in [-0.25, -0.2) is 4.98 Å². The first kappa shape index (κ1) is 15.9. The van der Waals surface area contributed by atoms with Gasteiger partial charge in [-0.3, -0.25) is 4.79 Å². The van der Waals surface area contributed by atoms with Crippen molar-refractivity contribution < 1.29 is 0 Å². The summed E-state index contributed by atoms with van der Waals surface area (Å²) < 4.78 is 1.18. The molecule has 0 spiro atoms. The Balaban J connectivity index is 1.83. The Hall–Kier alpha value is -2.63. The predicted octanol–water partition coefficient (Wildman–Crippen LogP) is 4.38. The zero-order valence-corrected chi connectivity index (χ0v) is 14.6. The van der Waals surface area contributed by atoms with Crippen LogP contribution < -0.4 is 5.56 Å². The van der Waals surface area contributed by atoms with Crippen molar-refractivity contribution >= 4 is 51.4 Å². The van der Waals surface area contributed by atoms with Crippen LogP contribution in [0.4, 0.5) is 0 Å². The summed E-state index contributed by atoms with van der Waals surface area (Å²) in [6.45, 7) is 2.00. The van der Waals surface area contributed by atoms with Crippen molar-refractivity contribution in [3.63, 3.8) is 0 Å². The monoisotopic (exact) mass is 370 g/mol. The van der Waals surface area contributed by atoms with Crippen LogP contribution in [0.1, 0.15) is 11.1 Å². The SMILES string of the molecule is Cc1ccc2[nH]c3c(=O)n(/N=C/c4ccc(Cl)cc4Cl)cnc3c2c1. The van der Waals surface area contributed by atoms with Crippen LogP contribution in [-0.4, -0.2) is 20.9 Å². The van der Waals surface area contributed by atoms with Crippen LogP contribution in [-0.2, 0) is 0 Å². The van der Waals surface area contributed by atoms with Crippen molar-refractivity contribution in [1.82, 2.24) is 14.6 Å². The standard InChI is InChI=1S/C18H12Cl2N4O/c1-10-2-5-15-13(6-10)16-17(23-15)18(25)24(9-21-16)22-8-11-3-4-12(19)7-14(11)20/h2-9,23H,1H3/b22-8+. The van der Waals surface area contributed by atoms with Gasteiger partial charge < -0.3 is 4.98 Å². The summed E-state index contributed by atoms with van der Waals surface area (Å²) in [6.07, 6.45) is 2.90. The number of rotatable bonds is 2. The molecule has 5 nitrogen and oxygen atoms in total. The lowest BCUT2D eigenvalue weighted by Gasteiger charge is -2.00. The van der Waals surface area contributed by atoms with Gasteiger partial charge in [-0.05, 0) is 31.2 Å². The third-order valence-corrected chi connectivity index (χ3v) is 4.49. The average Bonchev–Trinajstić information content (AvgIpc) is 2.94. The Morgan fingerprint density at radius 3 is 2.84 bits per heavy atom. The van der Waals surface area contributed by atoms with E-state index in [2.05, 4.69) is 15.1 Å². The van der Waals surface area contributed by atoms with Crippen molar-refractivity contribution in [2.75, 3.05) is 0 Å². The summed E-state index contributed by atoms with van der Waals surface area (Å²) in [5, 5.41) is 6.09. The molecule has 25 heavy (non-hydrogen) atoms. The zero-order valence-electron chi connectivity index (χ0n) is 13.1. The predicted molar refractivity (Wildman–Crippen MR) is 102 cm³/mol. The summed E-state index contributed by atoms with van der Waals surface area (Å²) in [6, 6.07) is 11.0. The highest BCUT2D eigenvalue weighted by molar-refractivity contribution is 6.36. The minimum atomic E-state index is -0.278. The van der Waals surface area contributed by atoms with Gasteiger partial charge in [0, 0.05) is 21.5 Å². The lowest BCUT2D eigenvalue weighted by atomic mass is 10.2. The number of aromatic amines is 1. The van der Waals surface area contributed by atoms with E-state index in [9.17, 15) is 4.79 Å². The van der Waals surface area contributed by atoms with Gasteiger partial charge in [-0.1, -0.05) is 40.9 Å². The third kappa shape index (κ3) is 2.81. The van der Waals surface area contributed by atoms with Crippen molar-refractivity contribution in [2.24, 2.45) is 5.10 Å². The first-order valence-electron chi connectivity index (χ1n) is 7.52. The summed E-state index contributed by atoms with van der Waals surface area (Å²) in [4.78, 5) is 20.2. The molecule has 0 aliphatic rings. The van der Waals surface area contributed by atoms with Gasteiger partial charge in [0.2, 0.25) is 0 Å². The average molecular weight is 371 g/mol. The second kappa shape index (κ2) is 6.02. The first-order valence-corrected chi connectivity index (χ1v) is 8.27. The number of benzene rings is 2. The molecule has 0 saturated carbocycles. The maximum absolute atomic E-state index is 12.7. The zero-order chi connectivity index (χ0) is 17.6. The van der Waals surface area contributed by atoms with Crippen LogP contribution in [0.2, 0.25) is 10.0 Å². The van der Waals surface area contributed by atoms with E-state index in [1.807, 2.05) is 25.1 Å². The molecule has 4 aromatic rings. The maximum atomic E-state index is 12.7. The van der Waals surface area contributed by atoms with Gasteiger partial charge in [-0.15, -0.1) is 0 Å². The van der Waals surface area contributed by atoms with Gasteiger partial charge in [0.05, 0.1) is 11.2 Å². The minimum Gasteiger partial charge on any atom is -0.349 e. The highest BCUT2D eigenvalue weighted by atomic mass is 35.5. The van der Waals surface area contributed by atoms with Crippen LogP contribution in [0.15, 0.2) is 52.6 Å². The molecule has 0 aliphatic carbocycles. The Morgan fingerprint density at radius 2 is 2.04 bits per heavy atom. The minimum absolute atomic E-state index is 0.278. The van der Waals surface area contributed by atoms with Gasteiger partial charge in [0.15, 0.2) is 0 Å². The number of hydrogen-bond donors (Lipinski definition) is 1. The molecule has 2 aromatic heterocycles. The molecule has 0 radical (unpaired) electrons. The number of nitrogens with one attached hydrogen (secondary N) is 1. The van der Waals surface area contributed by atoms with E-state index in [-0.39, 0.29) is 5.56 Å². The molecule has 2 aromatic carbocycles. The van der Waals surface area contributed by atoms with Crippen LogP contribution in [0.25, 0.3) is 21.9 Å². The topological polar surface area (TPSA) is 63.0 Å². The molecule has 0 unspecified atom stereocenters. The van der Waals surface area contributed by atoms with E-state index in [0.717, 1.165) is 16.5 Å². The van der Waals surface area contributed by atoms with E-state index < -0.39 is 0 Å². The summed E-state index contributed by atoms with van der Waals surface area (Å²) >= 11 is 12.0. The third-order valence-electron chi connectivity index (χ3n) is 3.93. The number of aromatic nitrogens is 3. The molecule has 0 fully saturated rings. The van der Waals surface area contributed by atoms with Crippen molar-refractivity contribution in [2.45, 2.75) is 6.92 Å². The molecule has 0 saturated heterocycles. The molecule has 4 rings (SSSR count). The van der Waals surface area contributed by atoms with Gasteiger partial charge in [0.25, 0.3) is 5.56 Å².